The van der Waals surface area contributed by atoms with Crippen molar-refractivity contribution < 1.29 is 4.52 Å². The number of likely N-dealkylation sites (tertiary alicyclic amines) is 1. The zero-order valence-corrected chi connectivity index (χ0v) is 16.5. The van der Waals surface area contributed by atoms with Crippen molar-refractivity contribution in [1.82, 2.24) is 30.0 Å². The first-order valence-corrected chi connectivity index (χ1v) is 10.4. The molecule has 1 fully saturated rings. The van der Waals surface area contributed by atoms with Crippen LogP contribution in [-0.2, 0) is 6.54 Å². The summed E-state index contributed by atoms with van der Waals surface area (Å²) in [4.78, 5) is 20.7. The van der Waals surface area contributed by atoms with Crippen LogP contribution in [-0.4, -0.2) is 43.1 Å². The van der Waals surface area contributed by atoms with Crippen LogP contribution < -0.4 is 5.32 Å². The van der Waals surface area contributed by atoms with Crippen molar-refractivity contribution >= 4 is 22.4 Å². The van der Waals surface area contributed by atoms with E-state index in [9.17, 15) is 0 Å². The fourth-order valence-corrected chi connectivity index (χ4v) is 4.02. The molecule has 5 rings (SSSR count). The Balaban J connectivity index is 1.33. The van der Waals surface area contributed by atoms with Crippen LogP contribution in [0.2, 0.25) is 0 Å². The van der Waals surface area contributed by atoms with Gasteiger partial charge in [0.2, 0.25) is 5.95 Å². The van der Waals surface area contributed by atoms with Gasteiger partial charge in [0.05, 0.1) is 22.8 Å². The molecule has 29 heavy (non-hydrogen) atoms. The standard InChI is InChI=1S/C20H19N7OS/c1-2-10-27(9-1)12-14-13-29-20(22-14)25-19-21-8-6-17(24-19)15-4-3-5-16(23-15)18-7-11-28-26-18/h3-8,11,13H,1-2,9-10,12H2,(H,21,22,24,25). The maximum atomic E-state index is 4.91. The first kappa shape index (κ1) is 17.9. The Bertz CT molecular complexity index is 1090. The smallest absolute Gasteiger partial charge is 0.229 e. The number of nitrogens with one attached hydrogen (secondary N) is 1. The van der Waals surface area contributed by atoms with Crippen LogP contribution in [0.4, 0.5) is 11.1 Å². The Kier molecular flexibility index (Phi) is 4.97. The van der Waals surface area contributed by atoms with Crippen LogP contribution >= 0.6 is 11.3 Å². The topological polar surface area (TPSA) is 92.9 Å². The van der Waals surface area contributed by atoms with E-state index >= 15 is 0 Å². The zero-order chi connectivity index (χ0) is 19.5. The van der Waals surface area contributed by atoms with Crippen molar-refractivity contribution in [2.75, 3.05) is 18.4 Å². The van der Waals surface area contributed by atoms with Crippen LogP contribution in [0.15, 0.2) is 52.7 Å². The molecule has 0 amide bonds. The summed E-state index contributed by atoms with van der Waals surface area (Å²) in [6.07, 6.45) is 5.81. The van der Waals surface area contributed by atoms with E-state index in [1.165, 1.54) is 19.1 Å². The average molecular weight is 405 g/mol. The molecule has 146 valence electrons. The van der Waals surface area contributed by atoms with Gasteiger partial charge in [0, 0.05) is 24.2 Å². The lowest BCUT2D eigenvalue weighted by Crippen LogP contribution is -2.18. The third kappa shape index (κ3) is 4.15. The quantitative estimate of drug-likeness (QED) is 0.515. The number of thiazole rings is 1. The molecule has 0 radical (unpaired) electrons. The zero-order valence-electron chi connectivity index (χ0n) is 15.7. The number of nitrogens with zero attached hydrogens (tertiary/aromatic N) is 6. The summed E-state index contributed by atoms with van der Waals surface area (Å²) >= 11 is 1.57. The van der Waals surface area contributed by atoms with Gasteiger partial charge in [-0.05, 0) is 44.1 Å². The molecule has 9 heteroatoms. The number of hydrogen-bond donors (Lipinski definition) is 1. The van der Waals surface area contributed by atoms with Crippen molar-refractivity contribution in [3.8, 4) is 22.8 Å². The third-order valence-electron chi connectivity index (χ3n) is 4.72. The SMILES string of the molecule is c1cc(-c2ccon2)nc(-c2ccnc(Nc3nc(CN4CCCC4)cs3)n2)c1. The van der Waals surface area contributed by atoms with Crippen molar-refractivity contribution in [2.24, 2.45) is 0 Å². The first-order valence-electron chi connectivity index (χ1n) is 9.48. The fraction of sp³-hybridized carbons (Fsp3) is 0.250. The molecule has 0 aliphatic carbocycles. The van der Waals surface area contributed by atoms with Gasteiger partial charge in [-0.2, -0.15) is 0 Å². The fourth-order valence-electron chi connectivity index (χ4n) is 3.33. The minimum atomic E-state index is 0.498. The van der Waals surface area contributed by atoms with Crippen LogP contribution in [0.3, 0.4) is 0 Å². The summed E-state index contributed by atoms with van der Waals surface area (Å²) in [7, 11) is 0. The Labute approximate surface area is 171 Å². The van der Waals surface area contributed by atoms with Crippen molar-refractivity contribution in [2.45, 2.75) is 19.4 Å². The lowest BCUT2D eigenvalue weighted by molar-refractivity contribution is 0.328. The lowest BCUT2D eigenvalue weighted by atomic mass is 10.2. The summed E-state index contributed by atoms with van der Waals surface area (Å²) < 4.78 is 4.91. The van der Waals surface area contributed by atoms with Crippen LogP contribution in [0.25, 0.3) is 22.8 Å². The molecule has 1 N–H and O–H groups in total. The van der Waals surface area contributed by atoms with Gasteiger partial charge in [-0.1, -0.05) is 11.2 Å². The monoisotopic (exact) mass is 405 g/mol. The second-order valence-electron chi connectivity index (χ2n) is 6.81. The van der Waals surface area contributed by atoms with E-state index in [1.54, 1.807) is 23.6 Å². The summed E-state index contributed by atoms with van der Waals surface area (Å²) in [5, 5.41) is 10.0. The molecule has 0 saturated carbocycles. The highest BCUT2D eigenvalue weighted by Crippen LogP contribution is 2.24. The minimum absolute atomic E-state index is 0.498. The molecule has 4 aromatic rings. The van der Waals surface area contributed by atoms with Gasteiger partial charge in [0.25, 0.3) is 0 Å². The minimum Gasteiger partial charge on any atom is -0.364 e. The number of aromatic nitrogens is 5. The molecule has 1 saturated heterocycles. The van der Waals surface area contributed by atoms with E-state index in [0.717, 1.165) is 47.5 Å². The number of hydrogen-bond acceptors (Lipinski definition) is 9. The van der Waals surface area contributed by atoms with E-state index in [2.05, 4.69) is 40.7 Å². The molecule has 5 heterocycles. The largest absolute Gasteiger partial charge is 0.364 e. The molecule has 8 nitrogen and oxygen atoms in total. The number of rotatable bonds is 6. The highest BCUT2D eigenvalue weighted by atomic mass is 32.1. The van der Waals surface area contributed by atoms with E-state index in [-0.39, 0.29) is 0 Å². The normalized spacial score (nSPS) is 14.3. The highest BCUT2D eigenvalue weighted by molar-refractivity contribution is 7.13. The van der Waals surface area contributed by atoms with Gasteiger partial charge in [-0.15, -0.1) is 11.3 Å². The van der Waals surface area contributed by atoms with Gasteiger partial charge >= 0.3 is 0 Å². The van der Waals surface area contributed by atoms with Gasteiger partial charge < -0.3 is 9.84 Å². The van der Waals surface area contributed by atoms with Crippen molar-refractivity contribution in [3.05, 3.63) is 53.9 Å². The predicted octanol–water partition coefficient (Wildman–Crippen LogP) is 3.99. The first-order chi connectivity index (χ1) is 14.3. The van der Waals surface area contributed by atoms with Crippen LogP contribution in [0.1, 0.15) is 18.5 Å². The Hall–Kier alpha value is -3.17. The second-order valence-corrected chi connectivity index (χ2v) is 7.67. The van der Waals surface area contributed by atoms with Gasteiger partial charge in [0.1, 0.15) is 12.0 Å². The van der Waals surface area contributed by atoms with Crippen LogP contribution in [0, 0.1) is 0 Å². The number of anilines is 2. The van der Waals surface area contributed by atoms with E-state index in [0.29, 0.717) is 11.6 Å². The van der Waals surface area contributed by atoms with E-state index in [4.69, 9.17) is 4.52 Å². The molecule has 0 unspecified atom stereocenters. The summed E-state index contributed by atoms with van der Waals surface area (Å²) in [5.74, 6) is 0.498. The molecule has 0 atom stereocenters. The maximum Gasteiger partial charge on any atom is 0.229 e. The molecule has 1 aliphatic rings. The molecule has 0 aromatic carbocycles. The lowest BCUT2D eigenvalue weighted by Gasteiger charge is -2.11. The van der Waals surface area contributed by atoms with Gasteiger partial charge in [-0.3, -0.25) is 4.90 Å². The van der Waals surface area contributed by atoms with Crippen molar-refractivity contribution in [1.29, 1.82) is 0 Å². The third-order valence-corrected chi connectivity index (χ3v) is 5.53. The number of pyridine rings is 1. The summed E-state index contributed by atoms with van der Waals surface area (Å²) in [5.41, 5.74) is 3.97. The predicted molar refractivity (Wildman–Crippen MR) is 111 cm³/mol. The summed E-state index contributed by atoms with van der Waals surface area (Å²) in [6.45, 7) is 3.22. The molecular formula is C20H19N7OS. The molecule has 1 aliphatic heterocycles. The van der Waals surface area contributed by atoms with Gasteiger partial charge in [-0.25, -0.2) is 19.9 Å². The Morgan fingerprint density at radius 1 is 0.966 bits per heavy atom. The van der Waals surface area contributed by atoms with Gasteiger partial charge in [0.15, 0.2) is 5.13 Å². The average Bonchev–Trinajstić information content (AvgIpc) is 3.52. The van der Waals surface area contributed by atoms with E-state index in [1.807, 2.05) is 24.3 Å². The Morgan fingerprint density at radius 2 is 1.79 bits per heavy atom. The molecule has 0 spiro atoms. The highest BCUT2D eigenvalue weighted by Gasteiger charge is 2.14. The molecular weight excluding hydrogens is 386 g/mol. The van der Waals surface area contributed by atoms with E-state index < -0.39 is 0 Å². The summed E-state index contributed by atoms with van der Waals surface area (Å²) in [6, 6.07) is 9.33. The Morgan fingerprint density at radius 3 is 2.62 bits per heavy atom. The molecule has 4 aromatic heterocycles. The maximum absolute atomic E-state index is 4.91. The van der Waals surface area contributed by atoms with Crippen LogP contribution in [0.5, 0.6) is 0 Å². The molecule has 0 bridgehead atoms. The second kappa shape index (κ2) is 8.06. The van der Waals surface area contributed by atoms with Crippen molar-refractivity contribution in [3.63, 3.8) is 0 Å².